The smallest absolute Gasteiger partial charge is 0.205 e. The van der Waals surface area contributed by atoms with Crippen molar-refractivity contribution in [1.29, 1.82) is 0 Å². The molecule has 1 aromatic rings. The highest BCUT2D eigenvalue weighted by Crippen LogP contribution is 2.40. The summed E-state index contributed by atoms with van der Waals surface area (Å²) in [6, 6.07) is 0. The van der Waals surface area contributed by atoms with Gasteiger partial charge in [-0.1, -0.05) is 0 Å². The van der Waals surface area contributed by atoms with Gasteiger partial charge in [0.2, 0.25) is 5.78 Å². The monoisotopic (exact) mass is 291 g/mol. The van der Waals surface area contributed by atoms with Crippen molar-refractivity contribution < 1.29 is 9.21 Å². The third-order valence-corrected chi connectivity index (χ3v) is 3.36. The maximum absolute atomic E-state index is 11.2. The van der Waals surface area contributed by atoms with Crippen molar-refractivity contribution in [3.05, 3.63) is 14.9 Å². The molecule has 0 fully saturated rings. The lowest BCUT2D eigenvalue weighted by molar-refractivity contribution is 0.0973. The van der Waals surface area contributed by atoms with Crippen LogP contribution in [0.3, 0.4) is 0 Å². The summed E-state index contributed by atoms with van der Waals surface area (Å²) in [5, 5.41) is 0. The molecule has 62 valence electrons. The van der Waals surface area contributed by atoms with Crippen molar-refractivity contribution in [3.8, 4) is 0 Å². The summed E-state index contributed by atoms with van der Waals surface area (Å²) in [5.74, 6) is 0.294. The number of nitrogens with zero attached hydrogens (tertiary/aromatic N) is 1. The Labute approximate surface area is 85.1 Å². The molecule has 0 saturated heterocycles. The lowest BCUT2D eigenvalue weighted by Crippen LogP contribution is -2.01. The highest BCUT2D eigenvalue weighted by molar-refractivity contribution is 9.13. The summed E-state index contributed by atoms with van der Waals surface area (Å²) in [5.41, 5.74) is 0.582. The lowest BCUT2D eigenvalue weighted by atomic mass is 10.2. The van der Waals surface area contributed by atoms with Gasteiger partial charge in [-0.25, -0.2) is 0 Å². The molecule has 0 N–H and O–H groups in total. The summed E-state index contributed by atoms with van der Waals surface area (Å²) in [6.45, 7) is 0. The Morgan fingerprint density at radius 2 is 2.25 bits per heavy atom. The van der Waals surface area contributed by atoms with Crippen molar-refractivity contribution in [3.63, 3.8) is 0 Å². The second-order valence-corrected chi connectivity index (χ2v) is 3.82. The van der Waals surface area contributed by atoms with E-state index >= 15 is 0 Å². The molecule has 0 spiro atoms. The number of furan rings is 1. The molecule has 0 radical (unpaired) electrons. The molecule has 0 unspecified atom stereocenters. The molecule has 5 heteroatoms. The molecule has 1 aliphatic rings. The molecule has 3 nitrogen and oxygen atoms in total. The van der Waals surface area contributed by atoms with Crippen molar-refractivity contribution in [2.24, 2.45) is 4.99 Å². The normalized spacial score (nSPS) is 15.0. The van der Waals surface area contributed by atoms with Crippen LogP contribution in [0.15, 0.2) is 18.6 Å². The van der Waals surface area contributed by atoms with E-state index in [9.17, 15) is 4.79 Å². The Morgan fingerprint density at radius 1 is 1.50 bits per heavy atom. The molecule has 2 rings (SSSR count). The molecule has 1 aromatic heterocycles. The number of halogens is 2. The fourth-order valence-corrected chi connectivity index (χ4v) is 1.71. The summed E-state index contributed by atoms with van der Waals surface area (Å²) < 4.78 is 6.37. The molecular formula is C7H3Br2NO2. The van der Waals surface area contributed by atoms with Gasteiger partial charge in [0.1, 0.15) is 5.69 Å². The number of Topliss-reactive ketones (excluding diaryl/α,β-unsaturated/α-hetero) is 1. The molecule has 0 aliphatic carbocycles. The Bertz CT molecular complexity index is 381. The fraction of sp³-hybridized carbons (Fsp3) is 0.143. The largest absolute Gasteiger partial charge is 0.443 e. The molecular weight excluding hydrogens is 290 g/mol. The molecule has 0 amide bonds. The number of hydrogen-bond acceptors (Lipinski definition) is 3. The summed E-state index contributed by atoms with van der Waals surface area (Å²) in [4.78, 5) is 15.3. The van der Waals surface area contributed by atoms with Gasteiger partial charge in [-0.3, -0.25) is 9.79 Å². The number of rotatable bonds is 0. The summed E-state index contributed by atoms with van der Waals surface area (Å²) >= 11 is 6.42. The fourth-order valence-electron chi connectivity index (χ4n) is 0.992. The molecule has 0 bridgehead atoms. The van der Waals surface area contributed by atoms with Crippen LogP contribution in [0.2, 0.25) is 0 Å². The topological polar surface area (TPSA) is 42.6 Å². The van der Waals surface area contributed by atoms with E-state index in [1.54, 1.807) is 6.21 Å². The number of aliphatic imine (C=N–C) groups is 1. The summed E-state index contributed by atoms with van der Waals surface area (Å²) in [7, 11) is 0. The van der Waals surface area contributed by atoms with Gasteiger partial charge in [-0.15, -0.1) is 0 Å². The Morgan fingerprint density at radius 3 is 2.92 bits per heavy atom. The van der Waals surface area contributed by atoms with Crippen LogP contribution in [-0.2, 0) is 0 Å². The minimum atomic E-state index is -0.0357. The Hall–Kier alpha value is -0.420. The van der Waals surface area contributed by atoms with E-state index in [2.05, 4.69) is 36.9 Å². The lowest BCUT2D eigenvalue weighted by Gasteiger charge is -1.99. The predicted octanol–water partition coefficient (Wildman–Crippen LogP) is 3.09. The van der Waals surface area contributed by atoms with E-state index < -0.39 is 0 Å². The molecule has 1 aliphatic heterocycles. The van der Waals surface area contributed by atoms with Crippen LogP contribution < -0.4 is 0 Å². The molecule has 0 atom stereocenters. The van der Waals surface area contributed by atoms with E-state index in [-0.39, 0.29) is 5.78 Å². The Balaban J connectivity index is 2.69. The zero-order valence-electron chi connectivity index (χ0n) is 5.80. The van der Waals surface area contributed by atoms with Crippen molar-refractivity contribution in [2.75, 3.05) is 0 Å². The number of ketones is 1. The first-order chi connectivity index (χ1) is 5.70. The zero-order chi connectivity index (χ0) is 8.72. The first-order valence-electron chi connectivity index (χ1n) is 3.23. The molecule has 0 saturated carbocycles. The summed E-state index contributed by atoms with van der Waals surface area (Å²) in [6.07, 6.45) is 1.90. The molecule has 12 heavy (non-hydrogen) atoms. The van der Waals surface area contributed by atoms with Crippen LogP contribution in [-0.4, -0.2) is 12.0 Å². The first-order valence-corrected chi connectivity index (χ1v) is 4.82. The van der Waals surface area contributed by atoms with Gasteiger partial charge in [0.05, 0.1) is 4.47 Å². The second kappa shape index (κ2) is 2.81. The number of hydrogen-bond donors (Lipinski definition) is 0. The van der Waals surface area contributed by atoms with Crippen LogP contribution in [0.1, 0.15) is 17.0 Å². The predicted molar refractivity (Wildman–Crippen MR) is 51.2 cm³/mol. The highest BCUT2D eigenvalue weighted by atomic mass is 79.9. The quantitative estimate of drug-likeness (QED) is 0.737. The van der Waals surface area contributed by atoms with Crippen LogP contribution in [0.4, 0.5) is 5.69 Å². The number of fused-ring (bicyclic) bond motifs is 1. The van der Waals surface area contributed by atoms with Gasteiger partial charge >= 0.3 is 0 Å². The van der Waals surface area contributed by atoms with Crippen LogP contribution >= 0.6 is 31.9 Å². The van der Waals surface area contributed by atoms with Gasteiger partial charge < -0.3 is 4.42 Å². The van der Waals surface area contributed by atoms with Crippen molar-refractivity contribution in [2.45, 2.75) is 6.42 Å². The molecule has 0 aromatic carbocycles. The first kappa shape index (κ1) is 8.19. The van der Waals surface area contributed by atoms with Gasteiger partial charge in [0.25, 0.3) is 0 Å². The SMILES string of the molecule is O=C1CC=Nc2c1oc(Br)c2Br. The minimum absolute atomic E-state index is 0.0357. The Kier molecular flexibility index (Phi) is 1.92. The zero-order valence-corrected chi connectivity index (χ0v) is 8.98. The standard InChI is InChI=1S/C7H3Br2NO2/c8-4-5-6(12-7(4)9)3(11)1-2-10-5/h2H,1H2. The van der Waals surface area contributed by atoms with E-state index in [0.717, 1.165) is 0 Å². The van der Waals surface area contributed by atoms with E-state index in [0.29, 0.717) is 27.0 Å². The maximum Gasteiger partial charge on any atom is 0.205 e. The van der Waals surface area contributed by atoms with Gasteiger partial charge in [0.15, 0.2) is 10.4 Å². The highest BCUT2D eigenvalue weighted by Gasteiger charge is 2.24. The van der Waals surface area contributed by atoms with Gasteiger partial charge in [-0.2, -0.15) is 0 Å². The molecule has 2 heterocycles. The number of carbonyl (C=O) groups is 1. The van der Waals surface area contributed by atoms with Crippen molar-refractivity contribution in [1.82, 2.24) is 0 Å². The van der Waals surface area contributed by atoms with Crippen molar-refractivity contribution >= 4 is 49.5 Å². The average molecular weight is 293 g/mol. The maximum atomic E-state index is 11.2. The van der Waals surface area contributed by atoms with E-state index in [1.165, 1.54) is 0 Å². The third-order valence-electron chi connectivity index (χ3n) is 1.54. The van der Waals surface area contributed by atoms with Crippen LogP contribution in [0.25, 0.3) is 0 Å². The minimum Gasteiger partial charge on any atom is -0.443 e. The third kappa shape index (κ3) is 1.08. The van der Waals surface area contributed by atoms with Gasteiger partial charge in [-0.05, 0) is 31.9 Å². The van der Waals surface area contributed by atoms with E-state index in [1.807, 2.05) is 0 Å². The van der Waals surface area contributed by atoms with E-state index in [4.69, 9.17) is 4.42 Å². The van der Waals surface area contributed by atoms with Crippen LogP contribution in [0, 0.1) is 0 Å². The second-order valence-electron chi connectivity index (χ2n) is 2.31. The average Bonchev–Trinajstić information content (AvgIpc) is 2.32. The number of carbonyl (C=O) groups excluding carboxylic acids is 1. The van der Waals surface area contributed by atoms with Crippen LogP contribution in [0.5, 0.6) is 0 Å². The van der Waals surface area contributed by atoms with Gasteiger partial charge in [0, 0.05) is 12.6 Å².